The lowest BCUT2D eigenvalue weighted by Crippen LogP contribution is -2.08. The molecule has 0 radical (unpaired) electrons. The molecule has 4 aromatic rings. The van der Waals surface area contributed by atoms with Gasteiger partial charge in [0.1, 0.15) is 0 Å². The molecule has 0 spiro atoms. The standard InChI is InChI=1S/C23H22S/c1-23(2,3)15-16-11-13-17(14-12-16)18-8-6-10-21-22(18)19-7-4-5-9-20(19)24-21/h4-14H,15H2,1-3H3. The van der Waals surface area contributed by atoms with E-state index in [0.717, 1.165) is 6.42 Å². The van der Waals surface area contributed by atoms with Crippen molar-refractivity contribution in [2.75, 3.05) is 0 Å². The average Bonchev–Trinajstić information content (AvgIpc) is 2.93. The van der Waals surface area contributed by atoms with Crippen molar-refractivity contribution in [2.24, 2.45) is 5.41 Å². The minimum atomic E-state index is 0.324. The van der Waals surface area contributed by atoms with Crippen molar-refractivity contribution in [3.63, 3.8) is 0 Å². The molecule has 4 rings (SSSR count). The maximum absolute atomic E-state index is 2.29. The number of benzene rings is 3. The summed E-state index contributed by atoms with van der Waals surface area (Å²) in [5.74, 6) is 0. The molecule has 0 N–H and O–H groups in total. The number of thiophene rings is 1. The highest BCUT2D eigenvalue weighted by Gasteiger charge is 2.13. The largest absolute Gasteiger partial charge is 0.135 e. The van der Waals surface area contributed by atoms with E-state index in [0.29, 0.717) is 5.41 Å². The highest BCUT2D eigenvalue weighted by Crippen LogP contribution is 2.39. The number of rotatable bonds is 2. The molecule has 0 nitrogen and oxygen atoms in total. The summed E-state index contributed by atoms with van der Waals surface area (Å²) in [6, 6.07) is 24.5. The smallest absolute Gasteiger partial charge is 0.0361 e. The van der Waals surface area contributed by atoms with Gasteiger partial charge in [-0.1, -0.05) is 75.4 Å². The summed E-state index contributed by atoms with van der Waals surface area (Å²) in [7, 11) is 0. The Morgan fingerprint density at radius 2 is 1.46 bits per heavy atom. The minimum absolute atomic E-state index is 0.324. The van der Waals surface area contributed by atoms with Gasteiger partial charge in [-0.05, 0) is 40.7 Å². The Kier molecular flexibility index (Phi) is 3.69. The average molecular weight is 330 g/mol. The second kappa shape index (κ2) is 5.75. The Hall–Kier alpha value is -2.12. The summed E-state index contributed by atoms with van der Waals surface area (Å²) in [6.45, 7) is 6.87. The third-order valence-electron chi connectivity index (χ3n) is 4.40. The first kappa shape index (κ1) is 15.4. The summed E-state index contributed by atoms with van der Waals surface area (Å²) in [5.41, 5.74) is 4.38. The van der Waals surface area contributed by atoms with E-state index in [1.165, 1.54) is 36.9 Å². The number of hydrogen-bond donors (Lipinski definition) is 0. The Morgan fingerprint density at radius 3 is 2.21 bits per heavy atom. The molecule has 0 bridgehead atoms. The van der Waals surface area contributed by atoms with Crippen molar-refractivity contribution in [2.45, 2.75) is 27.2 Å². The van der Waals surface area contributed by atoms with Crippen molar-refractivity contribution in [1.82, 2.24) is 0 Å². The molecule has 0 aliphatic carbocycles. The monoisotopic (exact) mass is 330 g/mol. The fourth-order valence-corrected chi connectivity index (χ4v) is 4.56. The lowest BCUT2D eigenvalue weighted by atomic mass is 9.87. The van der Waals surface area contributed by atoms with Gasteiger partial charge in [0, 0.05) is 20.2 Å². The molecule has 0 saturated carbocycles. The molecular formula is C23H22S. The molecule has 0 saturated heterocycles. The zero-order valence-corrected chi connectivity index (χ0v) is 15.3. The third kappa shape index (κ3) is 2.85. The summed E-state index contributed by atoms with van der Waals surface area (Å²) < 4.78 is 2.73. The van der Waals surface area contributed by atoms with Gasteiger partial charge >= 0.3 is 0 Å². The highest BCUT2D eigenvalue weighted by atomic mass is 32.1. The van der Waals surface area contributed by atoms with Gasteiger partial charge in [0.05, 0.1) is 0 Å². The van der Waals surface area contributed by atoms with E-state index < -0.39 is 0 Å². The lowest BCUT2D eigenvalue weighted by molar-refractivity contribution is 0.411. The predicted molar refractivity (Wildman–Crippen MR) is 108 cm³/mol. The molecule has 0 atom stereocenters. The third-order valence-corrected chi connectivity index (χ3v) is 5.54. The van der Waals surface area contributed by atoms with Crippen LogP contribution in [0.15, 0.2) is 66.7 Å². The second-order valence-corrected chi connectivity index (χ2v) is 8.80. The van der Waals surface area contributed by atoms with Crippen LogP contribution in [0.4, 0.5) is 0 Å². The second-order valence-electron chi connectivity index (χ2n) is 7.71. The fraction of sp³-hybridized carbons (Fsp3) is 0.217. The predicted octanol–water partition coefficient (Wildman–Crippen LogP) is 7.31. The Labute approximate surface area is 147 Å². The van der Waals surface area contributed by atoms with Gasteiger partial charge in [-0.25, -0.2) is 0 Å². The van der Waals surface area contributed by atoms with E-state index >= 15 is 0 Å². The Bertz CT molecular complexity index is 998. The van der Waals surface area contributed by atoms with Gasteiger partial charge in [0.2, 0.25) is 0 Å². The molecule has 1 aromatic heterocycles. The van der Waals surface area contributed by atoms with E-state index in [2.05, 4.69) is 87.5 Å². The molecular weight excluding hydrogens is 308 g/mol. The summed E-state index contributed by atoms with van der Waals surface area (Å²) in [5, 5.41) is 2.76. The van der Waals surface area contributed by atoms with Gasteiger partial charge in [0.25, 0.3) is 0 Å². The summed E-state index contributed by atoms with van der Waals surface area (Å²) in [6.07, 6.45) is 1.11. The molecule has 24 heavy (non-hydrogen) atoms. The van der Waals surface area contributed by atoms with E-state index in [4.69, 9.17) is 0 Å². The molecule has 0 fully saturated rings. The van der Waals surface area contributed by atoms with Gasteiger partial charge in [-0.2, -0.15) is 0 Å². The van der Waals surface area contributed by atoms with Crippen LogP contribution >= 0.6 is 11.3 Å². The van der Waals surface area contributed by atoms with E-state index in [9.17, 15) is 0 Å². The van der Waals surface area contributed by atoms with Crippen LogP contribution in [-0.4, -0.2) is 0 Å². The molecule has 1 heteroatoms. The van der Waals surface area contributed by atoms with Crippen LogP contribution in [0.25, 0.3) is 31.3 Å². The molecule has 0 amide bonds. The maximum atomic E-state index is 2.29. The molecule has 0 aliphatic rings. The topological polar surface area (TPSA) is 0 Å². The highest BCUT2D eigenvalue weighted by molar-refractivity contribution is 7.25. The first-order valence-corrected chi connectivity index (χ1v) is 9.32. The molecule has 120 valence electrons. The Balaban J connectivity index is 1.84. The van der Waals surface area contributed by atoms with Crippen LogP contribution in [0, 0.1) is 5.41 Å². The van der Waals surface area contributed by atoms with Gasteiger partial charge in [-0.3, -0.25) is 0 Å². The zero-order valence-electron chi connectivity index (χ0n) is 14.5. The quantitative estimate of drug-likeness (QED) is 0.361. The van der Waals surface area contributed by atoms with Crippen LogP contribution in [0.2, 0.25) is 0 Å². The molecule has 0 unspecified atom stereocenters. The van der Waals surface area contributed by atoms with Gasteiger partial charge < -0.3 is 0 Å². The van der Waals surface area contributed by atoms with Crippen molar-refractivity contribution in [1.29, 1.82) is 0 Å². The van der Waals surface area contributed by atoms with Crippen LogP contribution in [0.1, 0.15) is 26.3 Å². The number of hydrogen-bond acceptors (Lipinski definition) is 1. The van der Waals surface area contributed by atoms with Crippen molar-refractivity contribution >= 4 is 31.5 Å². The number of fused-ring (bicyclic) bond motifs is 3. The summed E-state index contributed by atoms with van der Waals surface area (Å²) >= 11 is 1.88. The van der Waals surface area contributed by atoms with Crippen LogP contribution in [0.3, 0.4) is 0 Å². The van der Waals surface area contributed by atoms with Gasteiger partial charge in [0.15, 0.2) is 0 Å². The molecule has 3 aromatic carbocycles. The van der Waals surface area contributed by atoms with E-state index in [1.54, 1.807) is 0 Å². The Morgan fingerprint density at radius 1 is 0.750 bits per heavy atom. The van der Waals surface area contributed by atoms with Crippen molar-refractivity contribution in [3.05, 3.63) is 72.3 Å². The van der Waals surface area contributed by atoms with E-state index in [1.807, 2.05) is 11.3 Å². The zero-order chi connectivity index (χ0) is 16.7. The normalized spacial score (nSPS) is 12.1. The van der Waals surface area contributed by atoms with Crippen molar-refractivity contribution in [3.8, 4) is 11.1 Å². The van der Waals surface area contributed by atoms with Gasteiger partial charge in [-0.15, -0.1) is 11.3 Å². The van der Waals surface area contributed by atoms with E-state index in [-0.39, 0.29) is 0 Å². The van der Waals surface area contributed by atoms with Crippen LogP contribution in [-0.2, 0) is 6.42 Å². The first-order valence-electron chi connectivity index (χ1n) is 8.51. The van der Waals surface area contributed by atoms with Crippen molar-refractivity contribution < 1.29 is 0 Å². The fourth-order valence-electron chi connectivity index (χ4n) is 3.43. The molecule has 1 heterocycles. The summed E-state index contributed by atoms with van der Waals surface area (Å²) in [4.78, 5) is 0. The lowest BCUT2D eigenvalue weighted by Gasteiger charge is -2.18. The van der Waals surface area contributed by atoms with Crippen LogP contribution < -0.4 is 0 Å². The first-order chi connectivity index (χ1) is 11.5. The SMILES string of the molecule is CC(C)(C)Cc1ccc(-c2cccc3sc4ccccc4c23)cc1. The maximum Gasteiger partial charge on any atom is 0.0361 e. The molecule has 0 aliphatic heterocycles. The minimum Gasteiger partial charge on any atom is -0.135 e. The van der Waals surface area contributed by atoms with Crippen LogP contribution in [0.5, 0.6) is 0 Å².